The molecule has 1 aromatic carbocycles. The highest BCUT2D eigenvalue weighted by atomic mass is 16.5. The number of nitrogens with zero attached hydrogens (tertiary/aromatic N) is 2. The summed E-state index contributed by atoms with van der Waals surface area (Å²) in [5, 5.41) is 11.8. The number of ether oxygens (including phenoxy) is 1. The van der Waals surface area contributed by atoms with Crippen molar-refractivity contribution in [3.05, 3.63) is 47.2 Å². The van der Waals surface area contributed by atoms with Crippen molar-refractivity contribution in [1.82, 2.24) is 9.47 Å². The number of hydrogen-bond acceptors (Lipinski definition) is 4. The maximum Gasteiger partial charge on any atom is 0.335 e. The number of piperidine rings is 1. The lowest BCUT2D eigenvalue weighted by Gasteiger charge is -2.54. The van der Waals surface area contributed by atoms with E-state index in [9.17, 15) is 9.90 Å². The molecule has 0 saturated carbocycles. The third-order valence-corrected chi connectivity index (χ3v) is 6.84. The number of allylic oxidation sites excluding steroid dienone is 1. The van der Waals surface area contributed by atoms with Crippen molar-refractivity contribution in [3.8, 4) is 0 Å². The van der Waals surface area contributed by atoms with Gasteiger partial charge in [0, 0.05) is 35.6 Å². The first-order valence-electron chi connectivity index (χ1n) is 9.38. The van der Waals surface area contributed by atoms with Gasteiger partial charge in [0.05, 0.1) is 19.8 Å². The van der Waals surface area contributed by atoms with Crippen LogP contribution in [0.5, 0.6) is 0 Å². The van der Waals surface area contributed by atoms with E-state index in [4.69, 9.17) is 4.74 Å². The number of carbonyl (C=O) groups excluding carboxylic acids is 1. The predicted octanol–water partition coefficient (Wildman–Crippen LogP) is 2.38. The fourth-order valence-electron chi connectivity index (χ4n) is 5.73. The minimum atomic E-state index is -1.08. The average Bonchev–Trinajstić information content (AvgIpc) is 3.03. The van der Waals surface area contributed by atoms with Crippen LogP contribution in [0.2, 0.25) is 0 Å². The van der Waals surface area contributed by atoms with E-state index in [1.54, 1.807) is 0 Å². The van der Waals surface area contributed by atoms with Gasteiger partial charge >= 0.3 is 5.97 Å². The fourth-order valence-corrected chi connectivity index (χ4v) is 5.73. The first-order chi connectivity index (χ1) is 12.7. The molecule has 3 atom stereocenters. The highest BCUT2D eigenvalue weighted by Crippen LogP contribution is 2.55. The summed E-state index contributed by atoms with van der Waals surface area (Å²) >= 11 is 0. The molecule has 0 radical (unpaired) electrons. The van der Waals surface area contributed by atoms with Gasteiger partial charge in [0.2, 0.25) is 0 Å². The van der Waals surface area contributed by atoms with Crippen molar-refractivity contribution >= 4 is 16.9 Å². The molecule has 3 aliphatic heterocycles. The molecule has 5 nitrogen and oxygen atoms in total. The number of fused-ring (bicyclic) bond motifs is 4. The van der Waals surface area contributed by atoms with Gasteiger partial charge in [-0.15, -0.1) is 0 Å². The standard InChI is InChI=1S/C21H24N2O3/c1-3-13-11-22-9-8-15-14-6-4-5-7-17(14)23-19(15)18(22)10-16(13)21(23,12-24)20(25)26-2/h3-7,16,18,24H,8-12H2,1-2H3/t16-,18-,21-/m0/s1. The van der Waals surface area contributed by atoms with Crippen molar-refractivity contribution in [2.75, 3.05) is 26.8 Å². The Morgan fingerprint density at radius 3 is 2.96 bits per heavy atom. The molecule has 0 amide bonds. The van der Waals surface area contributed by atoms with E-state index in [0.29, 0.717) is 6.04 Å². The highest BCUT2D eigenvalue weighted by Gasteiger charge is 2.59. The Bertz CT molecular complexity index is 944. The maximum absolute atomic E-state index is 13.2. The van der Waals surface area contributed by atoms with Crippen LogP contribution in [0.1, 0.15) is 30.6 Å². The molecule has 1 saturated heterocycles. The van der Waals surface area contributed by atoms with Gasteiger partial charge in [-0.2, -0.15) is 0 Å². The van der Waals surface area contributed by atoms with Crippen molar-refractivity contribution in [1.29, 1.82) is 0 Å². The smallest absolute Gasteiger partial charge is 0.335 e. The molecule has 5 rings (SSSR count). The first kappa shape index (κ1) is 16.1. The molecular formula is C21H24N2O3. The molecular weight excluding hydrogens is 328 g/mol. The Kier molecular flexibility index (Phi) is 3.37. The molecule has 1 fully saturated rings. The van der Waals surface area contributed by atoms with Crippen LogP contribution in [0.3, 0.4) is 0 Å². The molecule has 1 N–H and O–H groups in total. The topological polar surface area (TPSA) is 54.7 Å². The Labute approximate surface area is 152 Å². The summed E-state index contributed by atoms with van der Waals surface area (Å²) in [5.74, 6) is -0.383. The van der Waals surface area contributed by atoms with Crippen LogP contribution in [0.4, 0.5) is 0 Å². The zero-order valence-corrected chi connectivity index (χ0v) is 15.2. The number of hydrogen-bond donors (Lipinski definition) is 1. The van der Waals surface area contributed by atoms with Crippen molar-refractivity contribution in [2.45, 2.75) is 31.3 Å². The van der Waals surface area contributed by atoms with Crippen LogP contribution in [-0.4, -0.2) is 47.3 Å². The van der Waals surface area contributed by atoms with Gasteiger partial charge in [-0.1, -0.05) is 29.8 Å². The third kappa shape index (κ3) is 1.70. The van der Waals surface area contributed by atoms with Gasteiger partial charge < -0.3 is 14.4 Å². The summed E-state index contributed by atoms with van der Waals surface area (Å²) < 4.78 is 7.40. The predicted molar refractivity (Wildman–Crippen MR) is 98.9 cm³/mol. The van der Waals surface area contributed by atoms with E-state index in [2.05, 4.69) is 33.7 Å². The number of carbonyl (C=O) groups is 1. The minimum absolute atomic E-state index is 0.0412. The average molecular weight is 352 g/mol. The van der Waals surface area contributed by atoms with E-state index in [0.717, 1.165) is 31.4 Å². The normalized spacial score (nSPS) is 31.4. The number of rotatable bonds is 2. The second-order valence-corrected chi connectivity index (χ2v) is 7.68. The molecule has 2 bridgehead atoms. The van der Waals surface area contributed by atoms with Crippen LogP contribution in [0, 0.1) is 5.92 Å². The van der Waals surface area contributed by atoms with Gasteiger partial charge in [-0.05, 0) is 31.4 Å². The van der Waals surface area contributed by atoms with Crippen LogP contribution in [0.15, 0.2) is 35.9 Å². The molecule has 0 spiro atoms. The Hall–Kier alpha value is -2.11. The van der Waals surface area contributed by atoms with E-state index < -0.39 is 5.54 Å². The number of benzene rings is 1. The molecule has 0 unspecified atom stereocenters. The number of para-hydroxylation sites is 1. The third-order valence-electron chi connectivity index (χ3n) is 6.84. The Morgan fingerprint density at radius 2 is 2.23 bits per heavy atom. The maximum atomic E-state index is 13.2. The van der Waals surface area contributed by atoms with Gasteiger partial charge in [-0.3, -0.25) is 4.90 Å². The number of aliphatic hydroxyl groups excluding tert-OH is 1. The van der Waals surface area contributed by atoms with Gasteiger partial charge in [0.15, 0.2) is 5.54 Å². The minimum Gasteiger partial charge on any atom is -0.467 e. The Balaban J connectivity index is 1.93. The number of aliphatic hydroxyl groups is 1. The van der Waals surface area contributed by atoms with Crippen molar-refractivity contribution in [3.63, 3.8) is 0 Å². The van der Waals surface area contributed by atoms with E-state index in [1.165, 1.54) is 29.3 Å². The van der Waals surface area contributed by atoms with Crippen molar-refractivity contribution in [2.24, 2.45) is 5.92 Å². The monoisotopic (exact) mass is 352 g/mol. The van der Waals surface area contributed by atoms with Crippen LogP contribution in [0.25, 0.3) is 10.9 Å². The highest BCUT2D eigenvalue weighted by molar-refractivity contribution is 5.91. The second-order valence-electron chi connectivity index (χ2n) is 7.68. The lowest BCUT2D eigenvalue weighted by molar-refractivity contribution is -0.160. The second kappa shape index (κ2) is 5.44. The van der Waals surface area contributed by atoms with Crippen molar-refractivity contribution < 1.29 is 14.6 Å². The quantitative estimate of drug-likeness (QED) is 0.666. The number of esters is 1. The van der Waals surface area contributed by atoms with Crippen LogP contribution in [-0.2, 0) is 21.5 Å². The summed E-state index contributed by atoms with van der Waals surface area (Å²) in [5.41, 5.74) is 3.73. The molecule has 1 aromatic heterocycles. The van der Waals surface area contributed by atoms with E-state index in [1.807, 2.05) is 13.0 Å². The first-order valence-corrected chi connectivity index (χ1v) is 9.38. The van der Waals surface area contributed by atoms with Gasteiger partial charge in [0.25, 0.3) is 0 Å². The zero-order chi connectivity index (χ0) is 18.1. The van der Waals surface area contributed by atoms with Crippen LogP contribution < -0.4 is 0 Å². The summed E-state index contributed by atoms with van der Waals surface area (Å²) in [7, 11) is 1.43. The molecule has 4 heterocycles. The number of methoxy groups -OCH3 is 1. The molecule has 0 aliphatic carbocycles. The molecule has 3 aliphatic rings. The fraction of sp³-hybridized carbons (Fsp3) is 0.476. The summed E-state index contributed by atoms with van der Waals surface area (Å²) in [6, 6.07) is 8.59. The zero-order valence-electron chi connectivity index (χ0n) is 15.2. The van der Waals surface area contributed by atoms with Gasteiger partial charge in [0.1, 0.15) is 0 Å². The van der Waals surface area contributed by atoms with Gasteiger partial charge in [-0.25, -0.2) is 4.79 Å². The number of aromatic nitrogens is 1. The lowest BCUT2D eigenvalue weighted by Crippen LogP contribution is -2.61. The van der Waals surface area contributed by atoms with E-state index >= 15 is 0 Å². The Morgan fingerprint density at radius 1 is 1.42 bits per heavy atom. The SMILES string of the molecule is CC=C1CN2CCc3c4n(c5ccccc35)[C@](CO)(C(=O)OC)[C@H]1C[C@@H]42. The summed E-state index contributed by atoms with van der Waals surface area (Å²) in [4.78, 5) is 15.7. The summed E-state index contributed by atoms with van der Waals surface area (Å²) in [6.45, 7) is 3.69. The molecule has 136 valence electrons. The van der Waals surface area contributed by atoms with Crippen LogP contribution >= 0.6 is 0 Å². The molecule has 2 aromatic rings. The summed E-state index contributed by atoms with van der Waals surface area (Å²) in [6.07, 6.45) is 3.96. The molecule has 26 heavy (non-hydrogen) atoms. The van der Waals surface area contributed by atoms with E-state index in [-0.39, 0.29) is 18.5 Å². The lowest BCUT2D eigenvalue weighted by atomic mass is 9.68. The largest absolute Gasteiger partial charge is 0.467 e. The molecule has 5 heteroatoms.